The molecule has 2 aliphatic rings. The van der Waals surface area contributed by atoms with Crippen LogP contribution < -0.4 is 22.1 Å². The van der Waals surface area contributed by atoms with Crippen LogP contribution in [0.5, 0.6) is 0 Å². The molecule has 1 aromatic carbocycles. The fourth-order valence-corrected chi connectivity index (χ4v) is 5.47. The van der Waals surface area contributed by atoms with Crippen molar-refractivity contribution in [3.8, 4) is 0 Å². The summed E-state index contributed by atoms with van der Waals surface area (Å²) in [5.74, 6) is -3.14. The first-order valence-electron chi connectivity index (χ1n) is 11.3. The molecule has 3 amide bonds. The van der Waals surface area contributed by atoms with E-state index in [4.69, 9.17) is 16.3 Å². The minimum Gasteiger partial charge on any atom is -0.477 e. The lowest BCUT2D eigenvalue weighted by Gasteiger charge is -2.49. The van der Waals surface area contributed by atoms with Crippen molar-refractivity contribution in [2.45, 2.75) is 29.6 Å². The van der Waals surface area contributed by atoms with Gasteiger partial charge in [0.1, 0.15) is 29.8 Å². The van der Waals surface area contributed by atoms with Gasteiger partial charge in [0.2, 0.25) is 17.4 Å². The first-order valence-corrected chi connectivity index (χ1v) is 13.0. The molecule has 1 fully saturated rings. The molecular weight excluding hydrogens is 536 g/mol. The fourth-order valence-electron chi connectivity index (χ4n) is 3.71. The number of anilines is 1. The third kappa shape index (κ3) is 5.76. The number of carboxylic acid groups (broad SMARTS) is 1. The van der Waals surface area contributed by atoms with E-state index in [1.54, 1.807) is 31.2 Å². The summed E-state index contributed by atoms with van der Waals surface area (Å²) in [6, 6.07) is 6.98. The molecule has 0 saturated carbocycles. The predicted octanol–water partition coefficient (Wildman–Crippen LogP) is -0.586. The zero-order valence-corrected chi connectivity index (χ0v) is 21.6. The van der Waals surface area contributed by atoms with E-state index in [1.165, 1.54) is 17.8 Å². The number of amides is 3. The molecule has 1 aromatic heterocycles. The Kier molecular flexibility index (Phi) is 8.23. The lowest BCUT2D eigenvalue weighted by Crippen LogP contribution is -2.71. The summed E-state index contributed by atoms with van der Waals surface area (Å²) < 4.78 is 3.98. The number of nitrogen functional groups attached to an aromatic ring is 1. The number of carbonyl (C=O) groups excluding carboxylic acids is 3. The van der Waals surface area contributed by atoms with E-state index in [0.29, 0.717) is 5.56 Å². The number of nitrogens with two attached hydrogens (primary N) is 2. The fraction of sp³-hybridized carbons (Fsp3) is 0.318. The number of carbonyl (C=O) groups is 4. The molecule has 2 aromatic rings. The van der Waals surface area contributed by atoms with Crippen molar-refractivity contribution < 1.29 is 29.1 Å². The molecule has 200 valence electrons. The highest BCUT2D eigenvalue weighted by Crippen LogP contribution is 2.40. The third-order valence-electron chi connectivity index (χ3n) is 5.51. The van der Waals surface area contributed by atoms with Gasteiger partial charge < -0.3 is 32.0 Å². The second kappa shape index (κ2) is 11.6. The van der Waals surface area contributed by atoms with Crippen LogP contribution in [0.15, 0.2) is 47.3 Å². The minimum absolute atomic E-state index is 0.0430. The first kappa shape index (κ1) is 27.0. The van der Waals surface area contributed by atoms with E-state index in [1.807, 2.05) is 6.07 Å². The van der Waals surface area contributed by atoms with Crippen molar-refractivity contribution in [2.24, 2.45) is 10.9 Å². The highest BCUT2D eigenvalue weighted by Gasteiger charge is 2.54. The van der Waals surface area contributed by atoms with E-state index in [-0.39, 0.29) is 40.8 Å². The van der Waals surface area contributed by atoms with Crippen LogP contribution >= 0.6 is 23.3 Å². The molecule has 7 N–H and O–H groups in total. The molecule has 0 bridgehead atoms. The number of fused-ring (bicyclic) bond motifs is 1. The molecule has 1 saturated heterocycles. The molecule has 4 rings (SSSR count). The van der Waals surface area contributed by atoms with Gasteiger partial charge in [-0.3, -0.25) is 19.3 Å². The van der Waals surface area contributed by atoms with Crippen LogP contribution in [0, 0.1) is 0 Å². The quantitative estimate of drug-likeness (QED) is 0.107. The summed E-state index contributed by atoms with van der Waals surface area (Å²) >= 11 is 2.17. The Hall–Kier alpha value is -4.02. The second-order valence-corrected chi connectivity index (χ2v) is 10.4. The van der Waals surface area contributed by atoms with Gasteiger partial charge in [0, 0.05) is 16.8 Å². The number of rotatable bonds is 10. The number of hydrogen-bond donors (Lipinski definition) is 5. The molecule has 0 aliphatic carbocycles. The Morgan fingerprint density at radius 2 is 2.03 bits per heavy atom. The lowest BCUT2D eigenvalue weighted by molar-refractivity contribution is -0.150. The number of carboxylic acids is 1. The number of nitrogens with zero attached hydrogens (tertiary/aromatic N) is 4. The Bertz CT molecular complexity index is 1300. The summed E-state index contributed by atoms with van der Waals surface area (Å²) in [4.78, 5) is 59.8. The molecule has 0 radical (unpaired) electrons. The SMILES string of the molecule is CC1C=C(C(=O)O)N2C(=O)C(NC(=O)C(=NOCCNC(=O)[C@H](N)c3ccccc3)c3nsc(N)n3)[C@H]2S1. The Labute approximate surface area is 224 Å². The first-order chi connectivity index (χ1) is 18.2. The number of nitrogens with one attached hydrogen (secondary N) is 2. The Balaban J connectivity index is 1.37. The van der Waals surface area contributed by atoms with E-state index in [0.717, 1.165) is 16.4 Å². The Morgan fingerprint density at radius 1 is 1.29 bits per heavy atom. The number of thioether (sulfide) groups is 1. The summed E-state index contributed by atoms with van der Waals surface area (Å²) in [6.07, 6.45) is 1.48. The van der Waals surface area contributed by atoms with Crippen molar-refractivity contribution in [2.75, 3.05) is 18.9 Å². The van der Waals surface area contributed by atoms with Crippen molar-refractivity contribution in [3.63, 3.8) is 0 Å². The van der Waals surface area contributed by atoms with Gasteiger partial charge in [-0.1, -0.05) is 35.5 Å². The van der Waals surface area contributed by atoms with Crippen molar-refractivity contribution in [3.05, 3.63) is 53.5 Å². The summed E-state index contributed by atoms with van der Waals surface area (Å²) in [6.45, 7) is 1.73. The minimum atomic E-state index is -1.23. The summed E-state index contributed by atoms with van der Waals surface area (Å²) in [7, 11) is 0. The van der Waals surface area contributed by atoms with Crippen LogP contribution in [0.2, 0.25) is 0 Å². The maximum Gasteiger partial charge on any atom is 0.352 e. The molecule has 14 nitrogen and oxygen atoms in total. The van der Waals surface area contributed by atoms with Gasteiger partial charge in [-0.05, 0) is 18.6 Å². The van der Waals surface area contributed by atoms with Crippen LogP contribution in [0.25, 0.3) is 0 Å². The molecule has 4 atom stereocenters. The largest absolute Gasteiger partial charge is 0.477 e. The molecule has 2 unspecified atom stereocenters. The van der Waals surface area contributed by atoms with Crippen LogP contribution in [-0.2, 0) is 24.0 Å². The zero-order chi connectivity index (χ0) is 27.4. The van der Waals surface area contributed by atoms with Gasteiger partial charge in [0.05, 0.1) is 6.54 Å². The molecule has 38 heavy (non-hydrogen) atoms. The molecule has 16 heteroatoms. The van der Waals surface area contributed by atoms with Gasteiger partial charge in [0.25, 0.3) is 11.8 Å². The van der Waals surface area contributed by atoms with Crippen molar-refractivity contribution >= 4 is 57.8 Å². The standard InChI is InChI=1S/C22H24N8O6S2/c1-10-9-12(21(34)35)30-19(33)15(20(30)37-10)26-18(32)14(16-27-22(24)38-29-16)28-36-8-7-25-17(31)13(23)11-5-3-2-4-6-11/h2-6,9-10,13,15,20H,7-8,23H2,1H3,(H,25,31)(H,26,32)(H,34,35)(H2,24,27,29)/t10?,13-,15?,20-/m1/s1. The second-order valence-electron chi connectivity index (χ2n) is 8.16. The van der Waals surface area contributed by atoms with Gasteiger partial charge in [-0.2, -0.15) is 9.36 Å². The smallest absolute Gasteiger partial charge is 0.352 e. The molecule has 2 aliphatic heterocycles. The number of oxime groups is 1. The summed E-state index contributed by atoms with van der Waals surface area (Å²) in [5.41, 5.74) is 11.8. The predicted molar refractivity (Wildman–Crippen MR) is 139 cm³/mol. The van der Waals surface area contributed by atoms with E-state index in [2.05, 4.69) is 25.1 Å². The van der Waals surface area contributed by atoms with Gasteiger partial charge in [0.15, 0.2) is 5.13 Å². The Morgan fingerprint density at radius 3 is 2.68 bits per heavy atom. The number of aliphatic carboxylic acids is 1. The van der Waals surface area contributed by atoms with Crippen LogP contribution in [0.4, 0.5) is 5.13 Å². The number of aromatic nitrogens is 2. The average Bonchev–Trinajstić information content (AvgIpc) is 3.33. The normalized spacial score (nSPS) is 21.5. The third-order valence-corrected chi connectivity index (χ3v) is 7.38. The van der Waals surface area contributed by atoms with E-state index >= 15 is 0 Å². The van der Waals surface area contributed by atoms with Crippen molar-refractivity contribution in [1.82, 2.24) is 24.9 Å². The summed E-state index contributed by atoms with van der Waals surface area (Å²) in [5, 5.41) is 17.7. The average molecular weight is 561 g/mol. The molecule has 0 spiro atoms. The number of hydrogen-bond acceptors (Lipinski definition) is 12. The van der Waals surface area contributed by atoms with Crippen LogP contribution in [0.3, 0.4) is 0 Å². The lowest BCUT2D eigenvalue weighted by atomic mass is 10.0. The molecule has 3 heterocycles. The maximum absolute atomic E-state index is 13.1. The monoisotopic (exact) mass is 560 g/mol. The zero-order valence-electron chi connectivity index (χ0n) is 19.9. The molecular formula is C22H24N8O6S2. The highest BCUT2D eigenvalue weighted by atomic mass is 32.2. The van der Waals surface area contributed by atoms with E-state index < -0.39 is 41.1 Å². The van der Waals surface area contributed by atoms with Gasteiger partial charge in [-0.25, -0.2) is 4.79 Å². The van der Waals surface area contributed by atoms with Crippen LogP contribution in [0.1, 0.15) is 24.4 Å². The van der Waals surface area contributed by atoms with Gasteiger partial charge in [-0.15, -0.1) is 11.8 Å². The number of β-lactam (4-membered cyclic amide) rings is 1. The van der Waals surface area contributed by atoms with Crippen molar-refractivity contribution in [1.29, 1.82) is 0 Å². The van der Waals surface area contributed by atoms with Crippen LogP contribution in [-0.4, -0.2) is 78.6 Å². The van der Waals surface area contributed by atoms with E-state index in [9.17, 15) is 24.3 Å². The van der Waals surface area contributed by atoms with Gasteiger partial charge >= 0.3 is 5.97 Å². The maximum atomic E-state index is 13.1. The topological polar surface area (TPSA) is 215 Å². The number of benzene rings is 1. The highest BCUT2D eigenvalue weighted by molar-refractivity contribution is 8.00.